The van der Waals surface area contributed by atoms with E-state index in [1.807, 2.05) is 19.1 Å². The summed E-state index contributed by atoms with van der Waals surface area (Å²) in [7, 11) is 0. The number of thiophene rings is 1. The molecule has 2 N–H and O–H groups in total. The number of nitrogens with one attached hydrogen (secondary N) is 2. The normalized spacial score (nSPS) is 18.3. The number of benzene rings is 1. The number of carbonyl (C=O) groups is 4. The van der Waals surface area contributed by atoms with Crippen molar-refractivity contribution >= 4 is 40.2 Å². The summed E-state index contributed by atoms with van der Waals surface area (Å²) in [6.07, 6.45) is 0. The minimum atomic E-state index is -1.24. The molecule has 0 aliphatic carbocycles. The summed E-state index contributed by atoms with van der Waals surface area (Å²) in [6.45, 7) is 6.76. The Morgan fingerprint density at radius 3 is 2.57 bits per heavy atom. The second kappa shape index (κ2) is 8.27. The Morgan fingerprint density at radius 1 is 1.20 bits per heavy atom. The second-order valence-electron chi connectivity index (χ2n) is 7.15. The summed E-state index contributed by atoms with van der Waals surface area (Å²) in [4.78, 5) is 51.2. The molecule has 0 bridgehead atoms. The zero-order valence-corrected chi connectivity index (χ0v) is 18.0. The molecule has 1 aromatic heterocycles. The molecule has 4 amide bonds. The van der Waals surface area contributed by atoms with E-state index in [4.69, 9.17) is 4.74 Å². The summed E-state index contributed by atoms with van der Waals surface area (Å²) >= 11 is 1.08. The number of esters is 1. The number of rotatable bonds is 6. The second-order valence-corrected chi connectivity index (χ2v) is 8.21. The third-order valence-corrected chi connectivity index (χ3v) is 6.03. The van der Waals surface area contributed by atoms with Gasteiger partial charge in [-0.1, -0.05) is 24.3 Å². The van der Waals surface area contributed by atoms with E-state index in [2.05, 4.69) is 10.6 Å². The van der Waals surface area contributed by atoms with Gasteiger partial charge < -0.3 is 15.4 Å². The van der Waals surface area contributed by atoms with Gasteiger partial charge in [0.1, 0.15) is 17.0 Å². The van der Waals surface area contributed by atoms with Crippen molar-refractivity contribution in [2.24, 2.45) is 0 Å². The number of anilines is 1. The van der Waals surface area contributed by atoms with Crippen LogP contribution in [0.5, 0.6) is 0 Å². The fourth-order valence-electron chi connectivity index (χ4n) is 3.42. The standard InChI is InChI=1S/C21H23N3O5S/c1-5-29-18(26)17-13(3)10-16(30-17)22-15(25)11-24-19(27)21(4,23-20(24)28)14-9-7-6-8-12(14)2/h6-10H,5,11H2,1-4H3,(H,22,25)(H,23,28). The van der Waals surface area contributed by atoms with Gasteiger partial charge in [-0.3, -0.25) is 14.5 Å². The van der Waals surface area contributed by atoms with Crippen LogP contribution in [-0.4, -0.2) is 41.9 Å². The van der Waals surface area contributed by atoms with E-state index < -0.39 is 35.9 Å². The van der Waals surface area contributed by atoms with E-state index >= 15 is 0 Å². The third-order valence-electron chi connectivity index (χ3n) is 4.90. The van der Waals surface area contributed by atoms with Crippen molar-refractivity contribution in [2.75, 3.05) is 18.5 Å². The molecule has 1 atom stereocenters. The van der Waals surface area contributed by atoms with Gasteiger partial charge in [0.15, 0.2) is 0 Å². The molecule has 1 fully saturated rings. The third kappa shape index (κ3) is 3.93. The lowest BCUT2D eigenvalue weighted by Crippen LogP contribution is -2.42. The van der Waals surface area contributed by atoms with Crippen molar-refractivity contribution in [3.8, 4) is 0 Å². The molecule has 1 aliphatic heterocycles. The van der Waals surface area contributed by atoms with Crippen LogP contribution in [0.4, 0.5) is 9.80 Å². The van der Waals surface area contributed by atoms with Crippen LogP contribution in [-0.2, 0) is 19.9 Å². The van der Waals surface area contributed by atoms with Gasteiger partial charge in [0.25, 0.3) is 5.91 Å². The first-order chi connectivity index (χ1) is 14.2. The van der Waals surface area contributed by atoms with Crippen LogP contribution in [0.2, 0.25) is 0 Å². The molecule has 1 aliphatic rings. The Morgan fingerprint density at radius 2 is 1.90 bits per heavy atom. The topological polar surface area (TPSA) is 105 Å². The highest BCUT2D eigenvalue weighted by molar-refractivity contribution is 7.18. The lowest BCUT2D eigenvalue weighted by atomic mass is 9.88. The van der Waals surface area contributed by atoms with Gasteiger partial charge in [-0.25, -0.2) is 9.59 Å². The Labute approximate surface area is 178 Å². The molecule has 1 saturated heterocycles. The highest BCUT2D eigenvalue weighted by atomic mass is 32.1. The van der Waals surface area contributed by atoms with Crippen LogP contribution in [0.3, 0.4) is 0 Å². The first-order valence-corrected chi connectivity index (χ1v) is 10.3. The molecule has 158 valence electrons. The van der Waals surface area contributed by atoms with Crippen molar-refractivity contribution in [3.63, 3.8) is 0 Å². The first-order valence-electron chi connectivity index (χ1n) is 9.45. The van der Waals surface area contributed by atoms with E-state index in [1.165, 1.54) is 0 Å². The lowest BCUT2D eigenvalue weighted by molar-refractivity contribution is -0.133. The number of nitrogens with zero attached hydrogens (tertiary/aromatic N) is 1. The number of imide groups is 1. The molecule has 2 heterocycles. The smallest absolute Gasteiger partial charge is 0.348 e. The molecular formula is C21H23N3O5S. The fraction of sp³-hybridized carbons (Fsp3) is 0.333. The zero-order valence-electron chi connectivity index (χ0n) is 17.2. The Kier molecular flexibility index (Phi) is 5.93. The minimum Gasteiger partial charge on any atom is -0.462 e. The molecule has 30 heavy (non-hydrogen) atoms. The first kappa shape index (κ1) is 21.5. The number of aryl methyl sites for hydroxylation is 2. The number of urea groups is 1. The predicted octanol–water partition coefficient (Wildman–Crippen LogP) is 2.95. The molecule has 0 spiro atoms. The van der Waals surface area contributed by atoms with Gasteiger partial charge in [-0.2, -0.15) is 0 Å². The van der Waals surface area contributed by atoms with Crippen molar-refractivity contribution in [2.45, 2.75) is 33.2 Å². The van der Waals surface area contributed by atoms with Crippen LogP contribution in [0, 0.1) is 13.8 Å². The summed E-state index contributed by atoms with van der Waals surface area (Å²) in [5.41, 5.74) is 0.981. The number of hydrogen-bond acceptors (Lipinski definition) is 6. The Balaban J connectivity index is 1.72. The van der Waals surface area contributed by atoms with E-state index in [0.29, 0.717) is 21.0 Å². The average Bonchev–Trinajstić information content (AvgIpc) is 3.14. The summed E-state index contributed by atoms with van der Waals surface area (Å²) in [6, 6.07) is 8.30. The van der Waals surface area contributed by atoms with Crippen LogP contribution in [0.25, 0.3) is 0 Å². The van der Waals surface area contributed by atoms with Crippen LogP contribution < -0.4 is 10.6 Å². The number of carbonyl (C=O) groups excluding carboxylic acids is 4. The quantitative estimate of drug-likeness (QED) is 0.543. The SMILES string of the molecule is CCOC(=O)c1sc(NC(=O)CN2C(=O)NC(C)(c3ccccc3C)C2=O)cc1C. The fourth-order valence-corrected chi connectivity index (χ4v) is 4.40. The van der Waals surface area contributed by atoms with E-state index in [1.54, 1.807) is 39.0 Å². The van der Waals surface area contributed by atoms with E-state index in [0.717, 1.165) is 21.8 Å². The van der Waals surface area contributed by atoms with Crippen LogP contribution in [0.15, 0.2) is 30.3 Å². The highest BCUT2D eigenvalue weighted by Crippen LogP contribution is 2.31. The largest absolute Gasteiger partial charge is 0.462 e. The predicted molar refractivity (Wildman–Crippen MR) is 112 cm³/mol. The maximum absolute atomic E-state index is 13.0. The molecule has 2 aromatic rings. The van der Waals surface area contributed by atoms with Crippen molar-refractivity contribution in [1.82, 2.24) is 10.2 Å². The number of hydrogen-bond donors (Lipinski definition) is 2. The molecule has 1 unspecified atom stereocenters. The van der Waals surface area contributed by atoms with E-state index in [9.17, 15) is 19.2 Å². The zero-order chi connectivity index (χ0) is 22.1. The summed E-state index contributed by atoms with van der Waals surface area (Å²) in [5.74, 6) is -1.49. The summed E-state index contributed by atoms with van der Waals surface area (Å²) in [5, 5.41) is 5.78. The number of ether oxygens (including phenoxy) is 1. The molecule has 0 radical (unpaired) electrons. The molecule has 0 saturated carbocycles. The average molecular weight is 429 g/mol. The molecular weight excluding hydrogens is 406 g/mol. The van der Waals surface area contributed by atoms with Gasteiger partial charge >= 0.3 is 12.0 Å². The molecule has 8 nitrogen and oxygen atoms in total. The van der Waals surface area contributed by atoms with Gasteiger partial charge in [0.2, 0.25) is 5.91 Å². The van der Waals surface area contributed by atoms with Crippen molar-refractivity contribution < 1.29 is 23.9 Å². The van der Waals surface area contributed by atoms with Gasteiger partial charge in [0, 0.05) is 0 Å². The van der Waals surface area contributed by atoms with Crippen molar-refractivity contribution in [1.29, 1.82) is 0 Å². The lowest BCUT2D eigenvalue weighted by Gasteiger charge is -2.24. The molecule has 3 rings (SSSR count). The molecule has 9 heteroatoms. The molecule has 1 aromatic carbocycles. The monoisotopic (exact) mass is 429 g/mol. The van der Waals surface area contributed by atoms with Gasteiger partial charge in [0.05, 0.1) is 11.6 Å². The maximum atomic E-state index is 13.0. The maximum Gasteiger partial charge on any atom is 0.348 e. The summed E-state index contributed by atoms with van der Waals surface area (Å²) < 4.78 is 4.99. The van der Waals surface area contributed by atoms with Gasteiger partial charge in [-0.05, 0) is 50.5 Å². The minimum absolute atomic E-state index is 0.254. The highest BCUT2D eigenvalue weighted by Gasteiger charge is 2.50. The van der Waals surface area contributed by atoms with Crippen molar-refractivity contribution in [3.05, 3.63) is 51.9 Å². The number of amides is 4. The van der Waals surface area contributed by atoms with Crippen LogP contribution >= 0.6 is 11.3 Å². The van der Waals surface area contributed by atoms with Gasteiger partial charge in [-0.15, -0.1) is 11.3 Å². The van der Waals surface area contributed by atoms with E-state index in [-0.39, 0.29) is 6.61 Å². The Bertz CT molecular complexity index is 1030. The van der Waals surface area contributed by atoms with Crippen LogP contribution in [0.1, 0.15) is 40.2 Å². The Hall–Kier alpha value is -3.20.